The Morgan fingerprint density at radius 1 is 1.00 bits per heavy atom. The summed E-state index contributed by atoms with van der Waals surface area (Å²) in [6.45, 7) is 4.23. The maximum atomic E-state index is 12.6. The van der Waals surface area contributed by atoms with Gasteiger partial charge in [0.1, 0.15) is 0 Å². The summed E-state index contributed by atoms with van der Waals surface area (Å²) < 4.78 is 0. The number of nitrogens with zero attached hydrogens (tertiary/aromatic N) is 3. The lowest BCUT2D eigenvalue weighted by Crippen LogP contribution is -2.51. The third-order valence-corrected chi connectivity index (χ3v) is 4.58. The summed E-state index contributed by atoms with van der Waals surface area (Å²) in [5.74, 6) is -0.216. The minimum Gasteiger partial charge on any atom is -0.339 e. The van der Waals surface area contributed by atoms with Crippen LogP contribution in [0.15, 0.2) is 30.3 Å². The van der Waals surface area contributed by atoms with Gasteiger partial charge >= 0.3 is 0 Å². The van der Waals surface area contributed by atoms with E-state index in [1.54, 1.807) is 21.6 Å². The van der Waals surface area contributed by atoms with Gasteiger partial charge in [-0.1, -0.05) is 18.2 Å². The molecule has 0 aliphatic carbocycles. The fourth-order valence-corrected chi connectivity index (χ4v) is 3.23. The molecule has 2 fully saturated rings. The third-order valence-electron chi connectivity index (χ3n) is 4.58. The van der Waals surface area contributed by atoms with Gasteiger partial charge in [0.2, 0.25) is 17.7 Å². The molecule has 0 spiro atoms. The third kappa shape index (κ3) is 3.21. The molecule has 2 aliphatic heterocycles. The monoisotopic (exact) mass is 315 g/mol. The van der Waals surface area contributed by atoms with Crippen LogP contribution in [0.2, 0.25) is 0 Å². The van der Waals surface area contributed by atoms with Crippen molar-refractivity contribution in [3.8, 4) is 0 Å². The number of amides is 3. The largest absolute Gasteiger partial charge is 0.339 e. The summed E-state index contributed by atoms with van der Waals surface area (Å²) in [7, 11) is 0. The van der Waals surface area contributed by atoms with Gasteiger partial charge in [-0.25, -0.2) is 0 Å². The number of hydrogen-bond acceptors (Lipinski definition) is 3. The fraction of sp³-hybridized carbons (Fsp3) is 0.471. The zero-order chi connectivity index (χ0) is 16.4. The lowest BCUT2D eigenvalue weighted by Gasteiger charge is -2.35. The van der Waals surface area contributed by atoms with Gasteiger partial charge in [0.15, 0.2) is 0 Å². The molecular formula is C17H21N3O3. The smallest absolute Gasteiger partial charge is 0.228 e. The van der Waals surface area contributed by atoms with Gasteiger partial charge in [0.25, 0.3) is 0 Å². The van der Waals surface area contributed by atoms with E-state index in [4.69, 9.17) is 0 Å². The van der Waals surface area contributed by atoms with E-state index in [1.165, 1.54) is 0 Å². The quantitative estimate of drug-likeness (QED) is 0.808. The van der Waals surface area contributed by atoms with Crippen LogP contribution >= 0.6 is 0 Å². The predicted octanol–water partition coefficient (Wildman–Crippen LogP) is 0.730. The molecule has 2 heterocycles. The number of piperazine rings is 1. The number of carbonyl (C=O) groups is 3. The number of hydrogen-bond donors (Lipinski definition) is 0. The van der Waals surface area contributed by atoms with Gasteiger partial charge in [-0.3, -0.25) is 14.4 Å². The first kappa shape index (κ1) is 15.5. The Morgan fingerprint density at radius 2 is 1.61 bits per heavy atom. The van der Waals surface area contributed by atoms with E-state index in [2.05, 4.69) is 0 Å². The summed E-state index contributed by atoms with van der Waals surface area (Å²) in [5.41, 5.74) is 0.842. The molecule has 0 saturated carbocycles. The molecule has 2 aliphatic rings. The highest BCUT2D eigenvalue weighted by Gasteiger charge is 2.37. The zero-order valence-electron chi connectivity index (χ0n) is 13.3. The highest BCUT2D eigenvalue weighted by atomic mass is 16.2. The Balaban J connectivity index is 1.61. The molecular weight excluding hydrogens is 294 g/mol. The molecule has 1 aromatic rings. The van der Waals surface area contributed by atoms with Gasteiger partial charge in [-0.05, 0) is 12.1 Å². The first-order valence-electron chi connectivity index (χ1n) is 7.96. The van der Waals surface area contributed by atoms with E-state index in [1.807, 2.05) is 30.3 Å². The molecule has 0 aromatic heterocycles. The number of para-hydroxylation sites is 1. The van der Waals surface area contributed by atoms with Gasteiger partial charge in [-0.2, -0.15) is 0 Å². The van der Waals surface area contributed by atoms with Crippen LogP contribution in [0.1, 0.15) is 13.3 Å². The molecule has 0 radical (unpaired) electrons. The first-order chi connectivity index (χ1) is 11.1. The summed E-state index contributed by atoms with van der Waals surface area (Å²) in [5, 5.41) is 0. The van der Waals surface area contributed by atoms with Crippen molar-refractivity contribution < 1.29 is 14.4 Å². The maximum Gasteiger partial charge on any atom is 0.228 e. The Morgan fingerprint density at radius 3 is 2.22 bits per heavy atom. The predicted molar refractivity (Wildman–Crippen MR) is 85.7 cm³/mol. The molecule has 3 amide bonds. The average molecular weight is 315 g/mol. The van der Waals surface area contributed by atoms with E-state index in [0.29, 0.717) is 32.7 Å². The van der Waals surface area contributed by atoms with Crippen molar-refractivity contribution in [2.45, 2.75) is 13.3 Å². The molecule has 2 saturated heterocycles. The zero-order valence-corrected chi connectivity index (χ0v) is 13.3. The Bertz CT molecular complexity index is 609. The van der Waals surface area contributed by atoms with Crippen molar-refractivity contribution in [1.82, 2.24) is 9.80 Å². The minimum atomic E-state index is -0.286. The molecule has 0 unspecified atom stereocenters. The normalized spacial score (nSPS) is 21.7. The Hall–Kier alpha value is -2.37. The van der Waals surface area contributed by atoms with Gasteiger partial charge < -0.3 is 14.7 Å². The molecule has 1 aromatic carbocycles. The molecule has 0 N–H and O–H groups in total. The standard InChI is InChI=1S/C17H21N3O3/c1-13(21)18-7-9-19(10-8-18)17(23)14-11-16(22)20(12-14)15-5-3-2-4-6-15/h2-6,14H,7-12H2,1H3/t14-/m0/s1. The van der Waals surface area contributed by atoms with Crippen molar-refractivity contribution in [2.75, 3.05) is 37.6 Å². The van der Waals surface area contributed by atoms with Crippen LogP contribution in [0.25, 0.3) is 0 Å². The van der Waals surface area contributed by atoms with Crippen molar-refractivity contribution >= 4 is 23.4 Å². The molecule has 23 heavy (non-hydrogen) atoms. The topological polar surface area (TPSA) is 60.9 Å². The molecule has 0 bridgehead atoms. The van der Waals surface area contributed by atoms with Crippen LogP contribution in [-0.4, -0.2) is 60.2 Å². The highest BCUT2D eigenvalue weighted by Crippen LogP contribution is 2.26. The molecule has 6 heteroatoms. The fourth-order valence-electron chi connectivity index (χ4n) is 3.23. The molecule has 1 atom stereocenters. The second-order valence-corrected chi connectivity index (χ2v) is 6.07. The second-order valence-electron chi connectivity index (χ2n) is 6.07. The molecule has 122 valence electrons. The minimum absolute atomic E-state index is 0.00285. The van der Waals surface area contributed by atoms with Gasteiger partial charge in [0, 0.05) is 51.8 Å². The Kier molecular flexibility index (Phi) is 4.32. The van der Waals surface area contributed by atoms with E-state index in [9.17, 15) is 14.4 Å². The van der Waals surface area contributed by atoms with Crippen LogP contribution in [0.4, 0.5) is 5.69 Å². The van der Waals surface area contributed by atoms with Gasteiger partial charge in [0.05, 0.1) is 5.92 Å². The van der Waals surface area contributed by atoms with E-state index in [0.717, 1.165) is 5.69 Å². The maximum absolute atomic E-state index is 12.6. The number of carbonyl (C=O) groups excluding carboxylic acids is 3. The van der Waals surface area contributed by atoms with Crippen molar-refractivity contribution in [2.24, 2.45) is 5.92 Å². The van der Waals surface area contributed by atoms with Crippen molar-refractivity contribution in [1.29, 1.82) is 0 Å². The van der Waals surface area contributed by atoms with Crippen LogP contribution in [0, 0.1) is 5.92 Å². The summed E-state index contributed by atoms with van der Waals surface area (Å²) >= 11 is 0. The second kappa shape index (κ2) is 6.40. The molecule has 3 rings (SSSR count). The van der Waals surface area contributed by atoms with Crippen molar-refractivity contribution in [3.05, 3.63) is 30.3 Å². The van der Waals surface area contributed by atoms with E-state index in [-0.39, 0.29) is 30.1 Å². The number of rotatable bonds is 2. The van der Waals surface area contributed by atoms with Crippen LogP contribution in [0.5, 0.6) is 0 Å². The SMILES string of the molecule is CC(=O)N1CCN(C(=O)[C@H]2CC(=O)N(c3ccccc3)C2)CC1. The lowest BCUT2D eigenvalue weighted by atomic mass is 10.1. The lowest BCUT2D eigenvalue weighted by molar-refractivity contribution is -0.141. The first-order valence-corrected chi connectivity index (χ1v) is 7.96. The summed E-state index contributed by atoms with van der Waals surface area (Å²) in [6, 6.07) is 9.45. The van der Waals surface area contributed by atoms with Gasteiger partial charge in [-0.15, -0.1) is 0 Å². The van der Waals surface area contributed by atoms with Crippen LogP contribution < -0.4 is 4.90 Å². The number of benzene rings is 1. The number of anilines is 1. The average Bonchev–Trinajstić information content (AvgIpc) is 2.97. The van der Waals surface area contributed by atoms with Crippen LogP contribution in [-0.2, 0) is 14.4 Å². The summed E-state index contributed by atoms with van der Waals surface area (Å²) in [6.07, 6.45) is 0.265. The Labute approximate surface area is 135 Å². The summed E-state index contributed by atoms with van der Waals surface area (Å²) in [4.78, 5) is 41.4. The highest BCUT2D eigenvalue weighted by molar-refractivity contribution is 6.00. The van der Waals surface area contributed by atoms with E-state index < -0.39 is 0 Å². The van der Waals surface area contributed by atoms with Crippen LogP contribution in [0.3, 0.4) is 0 Å². The molecule has 6 nitrogen and oxygen atoms in total. The van der Waals surface area contributed by atoms with Crippen molar-refractivity contribution in [3.63, 3.8) is 0 Å². The van der Waals surface area contributed by atoms with E-state index >= 15 is 0 Å².